The molecule has 1 aliphatic rings. The number of anilines is 1. The van der Waals surface area contributed by atoms with Crippen molar-refractivity contribution >= 4 is 39.0 Å². The molecule has 0 radical (unpaired) electrons. The van der Waals surface area contributed by atoms with E-state index < -0.39 is 0 Å². The second kappa shape index (κ2) is 5.84. The monoisotopic (exact) mass is 311 g/mol. The van der Waals surface area contributed by atoms with Gasteiger partial charge in [-0.3, -0.25) is 0 Å². The van der Waals surface area contributed by atoms with E-state index in [0.29, 0.717) is 11.8 Å². The van der Waals surface area contributed by atoms with E-state index in [1.165, 1.54) is 23.3 Å². The molecule has 2 heterocycles. The summed E-state index contributed by atoms with van der Waals surface area (Å²) in [5.41, 5.74) is 1.40. The van der Waals surface area contributed by atoms with Crippen molar-refractivity contribution in [1.82, 2.24) is 9.97 Å². The predicted octanol–water partition coefficient (Wildman–Crippen LogP) is 3.04. The Kier molecular flexibility index (Phi) is 4.10. The Morgan fingerprint density at radius 3 is 2.85 bits per heavy atom. The normalized spacial score (nSPS) is 14.6. The molecule has 0 aliphatic heterocycles. The van der Waals surface area contributed by atoms with Crippen molar-refractivity contribution in [2.45, 2.75) is 32.6 Å². The van der Waals surface area contributed by atoms with Gasteiger partial charge in [0.2, 0.25) is 5.28 Å². The largest absolute Gasteiger partial charge is 0.395 e. The highest BCUT2D eigenvalue weighted by atomic mass is 35.5. The SMILES string of the molecule is CCN(CCO)c1nc(Cl)nc2sc3c(c12)CCCC3. The molecule has 0 aromatic carbocycles. The van der Waals surface area contributed by atoms with Crippen LogP contribution in [0.15, 0.2) is 0 Å². The summed E-state index contributed by atoms with van der Waals surface area (Å²) >= 11 is 7.83. The zero-order valence-corrected chi connectivity index (χ0v) is 13.1. The smallest absolute Gasteiger partial charge is 0.225 e. The minimum atomic E-state index is 0.114. The Balaban J connectivity index is 2.21. The van der Waals surface area contributed by atoms with Gasteiger partial charge in [0.25, 0.3) is 0 Å². The number of fused-ring (bicyclic) bond motifs is 3. The van der Waals surface area contributed by atoms with Gasteiger partial charge in [-0.2, -0.15) is 4.98 Å². The third kappa shape index (κ3) is 2.38. The lowest BCUT2D eigenvalue weighted by molar-refractivity contribution is 0.302. The third-order valence-electron chi connectivity index (χ3n) is 3.82. The highest BCUT2D eigenvalue weighted by Gasteiger charge is 2.22. The highest BCUT2D eigenvalue weighted by Crippen LogP contribution is 2.40. The van der Waals surface area contributed by atoms with E-state index in [9.17, 15) is 5.11 Å². The molecule has 0 amide bonds. The van der Waals surface area contributed by atoms with Gasteiger partial charge in [-0.1, -0.05) is 0 Å². The fraction of sp³-hybridized carbons (Fsp3) is 0.571. The number of thiophene rings is 1. The van der Waals surface area contributed by atoms with Crippen LogP contribution >= 0.6 is 22.9 Å². The molecule has 0 saturated carbocycles. The maximum Gasteiger partial charge on any atom is 0.225 e. The molecule has 2 aromatic heterocycles. The Labute approximate surface area is 127 Å². The first-order chi connectivity index (χ1) is 9.74. The zero-order chi connectivity index (χ0) is 14.1. The summed E-state index contributed by atoms with van der Waals surface area (Å²) in [4.78, 5) is 13.4. The topological polar surface area (TPSA) is 49.2 Å². The molecule has 0 fully saturated rings. The molecule has 4 nitrogen and oxygen atoms in total. The summed E-state index contributed by atoms with van der Waals surface area (Å²) in [6.45, 7) is 3.55. The number of likely N-dealkylation sites (N-methyl/N-ethyl adjacent to an activating group) is 1. The molecule has 0 atom stereocenters. The molecule has 108 valence electrons. The van der Waals surface area contributed by atoms with Crippen molar-refractivity contribution in [3.05, 3.63) is 15.7 Å². The van der Waals surface area contributed by atoms with Crippen LogP contribution in [0.1, 0.15) is 30.2 Å². The number of aliphatic hydroxyl groups is 1. The Hall–Kier alpha value is -0.910. The average Bonchev–Trinajstić information content (AvgIpc) is 2.81. The lowest BCUT2D eigenvalue weighted by Gasteiger charge is -2.22. The van der Waals surface area contributed by atoms with Gasteiger partial charge >= 0.3 is 0 Å². The summed E-state index contributed by atoms with van der Waals surface area (Å²) in [5, 5.41) is 10.7. The van der Waals surface area contributed by atoms with E-state index in [-0.39, 0.29) is 6.61 Å². The maximum atomic E-state index is 9.24. The number of halogens is 1. The molecule has 0 bridgehead atoms. The van der Waals surface area contributed by atoms with Gasteiger partial charge < -0.3 is 10.0 Å². The molecule has 1 N–H and O–H groups in total. The number of aryl methyl sites for hydroxylation is 2. The van der Waals surface area contributed by atoms with E-state index in [1.807, 2.05) is 0 Å². The van der Waals surface area contributed by atoms with E-state index in [4.69, 9.17) is 11.6 Å². The predicted molar refractivity (Wildman–Crippen MR) is 84.0 cm³/mol. The summed E-state index contributed by atoms with van der Waals surface area (Å²) in [6.07, 6.45) is 4.72. The number of rotatable bonds is 4. The molecule has 3 rings (SSSR count). The summed E-state index contributed by atoms with van der Waals surface area (Å²) in [6, 6.07) is 0. The molecule has 0 spiro atoms. The molecular formula is C14H18ClN3OS. The number of nitrogens with zero attached hydrogens (tertiary/aromatic N) is 3. The Morgan fingerprint density at radius 1 is 1.30 bits per heavy atom. The lowest BCUT2D eigenvalue weighted by atomic mass is 9.97. The highest BCUT2D eigenvalue weighted by molar-refractivity contribution is 7.19. The average molecular weight is 312 g/mol. The van der Waals surface area contributed by atoms with Crippen molar-refractivity contribution in [2.75, 3.05) is 24.6 Å². The molecule has 1 aliphatic carbocycles. The Bertz CT molecular complexity index is 628. The molecular weight excluding hydrogens is 294 g/mol. The number of hydrogen-bond donors (Lipinski definition) is 1. The van der Waals surface area contributed by atoms with Gasteiger partial charge in [-0.05, 0) is 49.8 Å². The number of aromatic nitrogens is 2. The lowest BCUT2D eigenvalue weighted by Crippen LogP contribution is -2.27. The molecule has 2 aromatic rings. The van der Waals surface area contributed by atoms with Crippen LogP contribution in [0.25, 0.3) is 10.2 Å². The van der Waals surface area contributed by atoms with Crippen LogP contribution in [0.3, 0.4) is 0 Å². The molecule has 6 heteroatoms. The van der Waals surface area contributed by atoms with Gasteiger partial charge in [-0.15, -0.1) is 11.3 Å². The first-order valence-corrected chi connectivity index (χ1v) is 8.27. The van der Waals surface area contributed by atoms with Gasteiger partial charge in [-0.25, -0.2) is 4.98 Å². The van der Waals surface area contributed by atoms with Crippen molar-refractivity contribution in [1.29, 1.82) is 0 Å². The van der Waals surface area contributed by atoms with Crippen LogP contribution in [0.4, 0.5) is 5.82 Å². The summed E-state index contributed by atoms with van der Waals surface area (Å²) in [5.74, 6) is 0.885. The quantitative estimate of drug-likeness (QED) is 0.882. The number of hydrogen-bond acceptors (Lipinski definition) is 5. The van der Waals surface area contributed by atoms with Gasteiger partial charge in [0.15, 0.2) is 0 Å². The zero-order valence-electron chi connectivity index (χ0n) is 11.5. The second-order valence-electron chi connectivity index (χ2n) is 5.01. The van der Waals surface area contributed by atoms with Gasteiger partial charge in [0, 0.05) is 18.0 Å². The van der Waals surface area contributed by atoms with Crippen LogP contribution in [0.5, 0.6) is 0 Å². The standard InChI is InChI=1S/C14H18ClN3OS/c1-2-18(7-8-19)12-11-9-5-3-4-6-10(9)20-13(11)17-14(15)16-12/h19H,2-8H2,1H3. The van der Waals surface area contributed by atoms with E-state index in [0.717, 1.165) is 35.4 Å². The van der Waals surface area contributed by atoms with E-state index in [1.54, 1.807) is 11.3 Å². The van der Waals surface area contributed by atoms with E-state index in [2.05, 4.69) is 21.8 Å². The summed E-state index contributed by atoms with van der Waals surface area (Å²) in [7, 11) is 0. The fourth-order valence-corrected chi connectivity index (χ4v) is 4.35. The van der Waals surface area contributed by atoms with Crippen molar-refractivity contribution in [3.8, 4) is 0 Å². The first-order valence-electron chi connectivity index (χ1n) is 7.08. The maximum absolute atomic E-state index is 9.24. The van der Waals surface area contributed by atoms with Crippen LogP contribution < -0.4 is 4.90 Å². The summed E-state index contributed by atoms with van der Waals surface area (Å²) < 4.78 is 0. The Morgan fingerprint density at radius 2 is 2.10 bits per heavy atom. The first kappa shape index (κ1) is 14.0. The van der Waals surface area contributed by atoms with Crippen LogP contribution in [-0.4, -0.2) is 34.8 Å². The van der Waals surface area contributed by atoms with Crippen LogP contribution in [0.2, 0.25) is 5.28 Å². The van der Waals surface area contributed by atoms with Crippen LogP contribution in [-0.2, 0) is 12.8 Å². The van der Waals surface area contributed by atoms with Crippen LogP contribution in [0, 0.1) is 0 Å². The second-order valence-corrected chi connectivity index (χ2v) is 6.43. The molecule has 20 heavy (non-hydrogen) atoms. The fourth-order valence-electron chi connectivity index (χ4n) is 2.88. The van der Waals surface area contributed by atoms with E-state index >= 15 is 0 Å². The van der Waals surface area contributed by atoms with Gasteiger partial charge in [0.05, 0.1) is 12.0 Å². The molecule has 0 saturated heterocycles. The van der Waals surface area contributed by atoms with Crippen molar-refractivity contribution in [3.63, 3.8) is 0 Å². The number of aliphatic hydroxyl groups excluding tert-OH is 1. The third-order valence-corrected chi connectivity index (χ3v) is 5.17. The molecule has 0 unspecified atom stereocenters. The minimum absolute atomic E-state index is 0.114. The van der Waals surface area contributed by atoms with Gasteiger partial charge in [0.1, 0.15) is 10.6 Å². The van der Waals surface area contributed by atoms with Crippen molar-refractivity contribution < 1.29 is 5.11 Å². The minimum Gasteiger partial charge on any atom is -0.395 e. The van der Waals surface area contributed by atoms with Crippen molar-refractivity contribution in [2.24, 2.45) is 0 Å².